The van der Waals surface area contributed by atoms with E-state index in [1.165, 1.54) is 11.8 Å². The molecule has 33 heavy (non-hydrogen) atoms. The molecule has 2 aromatic heterocycles. The molecule has 1 amide bonds. The average molecular weight is 470 g/mol. The Morgan fingerprint density at radius 2 is 1.97 bits per heavy atom. The number of nitrogens with zero attached hydrogens (tertiary/aromatic N) is 4. The lowest BCUT2D eigenvalue weighted by Gasteiger charge is -2.38. The fourth-order valence-electron chi connectivity index (χ4n) is 4.58. The first-order valence-corrected chi connectivity index (χ1v) is 12.2. The Morgan fingerprint density at radius 3 is 2.76 bits per heavy atom. The number of carbonyl (C=O) groups is 1. The number of hydrogen-bond donors (Lipinski definition) is 1. The van der Waals surface area contributed by atoms with E-state index in [4.69, 9.17) is 14.2 Å². The van der Waals surface area contributed by atoms with Gasteiger partial charge in [-0.3, -0.25) is 4.79 Å². The van der Waals surface area contributed by atoms with Crippen molar-refractivity contribution in [3.8, 4) is 11.5 Å². The molecule has 0 spiro atoms. The smallest absolute Gasteiger partial charge is 0.253 e. The maximum absolute atomic E-state index is 13.1. The van der Waals surface area contributed by atoms with Gasteiger partial charge in [-0.25, -0.2) is 9.50 Å². The first kappa shape index (κ1) is 22.0. The predicted molar refractivity (Wildman–Crippen MR) is 123 cm³/mol. The van der Waals surface area contributed by atoms with E-state index in [-0.39, 0.29) is 24.5 Å². The van der Waals surface area contributed by atoms with E-state index < -0.39 is 0 Å². The minimum Gasteiger partial charge on any atom is -0.454 e. The lowest BCUT2D eigenvalue weighted by Crippen LogP contribution is -2.45. The van der Waals surface area contributed by atoms with Gasteiger partial charge < -0.3 is 19.5 Å². The molecule has 1 N–H and O–H groups in total. The Bertz CT molecular complexity index is 1210. The van der Waals surface area contributed by atoms with Crippen molar-refractivity contribution in [1.29, 1.82) is 0 Å². The summed E-state index contributed by atoms with van der Waals surface area (Å²) in [6.07, 6.45) is 3.82. The fraction of sp³-hybridized carbons (Fsp3) is 0.478. The number of fused-ring (bicyclic) bond motifs is 2. The van der Waals surface area contributed by atoms with Gasteiger partial charge in [0.2, 0.25) is 17.9 Å². The van der Waals surface area contributed by atoms with Gasteiger partial charge in [-0.15, -0.1) is 5.10 Å². The van der Waals surface area contributed by atoms with E-state index in [0.29, 0.717) is 30.7 Å². The summed E-state index contributed by atoms with van der Waals surface area (Å²) in [4.78, 5) is 22.0. The van der Waals surface area contributed by atoms with Crippen molar-refractivity contribution >= 4 is 23.4 Å². The Hall–Kier alpha value is -2.85. The van der Waals surface area contributed by atoms with Crippen LogP contribution in [0.1, 0.15) is 35.4 Å². The number of thioether (sulfide) groups is 1. The number of rotatable bonds is 6. The zero-order valence-electron chi connectivity index (χ0n) is 19.0. The zero-order valence-corrected chi connectivity index (χ0v) is 19.8. The highest BCUT2D eigenvalue weighted by molar-refractivity contribution is 7.98. The molecule has 4 heterocycles. The van der Waals surface area contributed by atoms with Crippen LogP contribution in [0, 0.1) is 13.8 Å². The number of nitrogens with one attached hydrogen (secondary N) is 1. The van der Waals surface area contributed by atoms with Crippen molar-refractivity contribution in [1.82, 2.24) is 24.9 Å². The van der Waals surface area contributed by atoms with Gasteiger partial charge in [0.05, 0.1) is 6.42 Å². The molecule has 2 aliphatic heterocycles. The van der Waals surface area contributed by atoms with E-state index in [0.717, 1.165) is 46.9 Å². The Kier molecular flexibility index (Phi) is 5.88. The second kappa shape index (κ2) is 8.83. The normalized spacial score (nSPS) is 16.8. The standard InChI is InChI=1S/C23H27N5O4S/c1-14-17(15(2)28-21(25-14)26-22(27-28)33-3)11-20(29)24-12-23(6-8-30-9-7-23)16-4-5-18-19(10-16)32-13-31-18/h4-5,10H,6-9,11-13H2,1-3H3,(H,24,29). The second-order valence-corrected chi connectivity index (χ2v) is 9.26. The molecule has 5 rings (SSSR count). The van der Waals surface area contributed by atoms with Crippen molar-refractivity contribution in [3.63, 3.8) is 0 Å². The monoisotopic (exact) mass is 469 g/mol. The third kappa shape index (κ3) is 4.13. The highest BCUT2D eigenvalue weighted by Gasteiger charge is 2.36. The fourth-order valence-corrected chi connectivity index (χ4v) is 4.92. The van der Waals surface area contributed by atoms with Gasteiger partial charge in [0.15, 0.2) is 11.5 Å². The third-order valence-corrected chi connectivity index (χ3v) is 7.15. The largest absolute Gasteiger partial charge is 0.454 e. The van der Waals surface area contributed by atoms with Crippen LogP contribution in [0.25, 0.3) is 5.78 Å². The zero-order chi connectivity index (χ0) is 23.0. The number of amides is 1. The van der Waals surface area contributed by atoms with Crippen LogP contribution in [0.2, 0.25) is 0 Å². The van der Waals surface area contributed by atoms with Crippen LogP contribution < -0.4 is 14.8 Å². The Balaban J connectivity index is 1.35. The molecule has 0 saturated carbocycles. The molecule has 0 atom stereocenters. The van der Waals surface area contributed by atoms with Crippen LogP contribution in [0.15, 0.2) is 23.4 Å². The minimum absolute atomic E-state index is 0.0424. The van der Waals surface area contributed by atoms with Gasteiger partial charge in [-0.1, -0.05) is 17.8 Å². The van der Waals surface area contributed by atoms with Gasteiger partial charge in [0.1, 0.15) is 0 Å². The molecule has 1 aromatic carbocycles. The van der Waals surface area contributed by atoms with Crippen molar-refractivity contribution in [2.24, 2.45) is 0 Å². The second-order valence-electron chi connectivity index (χ2n) is 8.49. The summed E-state index contributed by atoms with van der Waals surface area (Å²) < 4.78 is 18.4. The molecule has 1 fully saturated rings. The summed E-state index contributed by atoms with van der Waals surface area (Å²) in [6.45, 7) is 5.96. The molecule has 10 heteroatoms. The Morgan fingerprint density at radius 1 is 1.18 bits per heavy atom. The quantitative estimate of drug-likeness (QED) is 0.550. The number of benzene rings is 1. The number of hydrogen-bond acceptors (Lipinski definition) is 8. The molecule has 0 bridgehead atoms. The molecule has 0 radical (unpaired) electrons. The van der Waals surface area contributed by atoms with Gasteiger partial charge in [0, 0.05) is 42.1 Å². The molecule has 0 unspecified atom stereocenters. The van der Waals surface area contributed by atoms with Crippen LogP contribution in [0.4, 0.5) is 0 Å². The summed E-state index contributed by atoms with van der Waals surface area (Å²) in [5.74, 6) is 2.03. The van der Waals surface area contributed by atoms with E-state index in [2.05, 4.69) is 26.4 Å². The van der Waals surface area contributed by atoms with Crippen molar-refractivity contribution in [2.75, 3.05) is 32.8 Å². The van der Waals surface area contributed by atoms with E-state index in [9.17, 15) is 4.79 Å². The SMILES string of the molecule is CSc1nc2nc(C)c(CC(=O)NCC3(c4ccc5c(c4)OCO5)CCOCC3)c(C)n2n1. The Labute approximate surface area is 196 Å². The van der Waals surface area contributed by atoms with E-state index >= 15 is 0 Å². The van der Waals surface area contributed by atoms with Crippen LogP contribution in [0.3, 0.4) is 0 Å². The molecular weight excluding hydrogens is 442 g/mol. The van der Waals surface area contributed by atoms with E-state index in [1.807, 2.05) is 32.2 Å². The summed E-state index contributed by atoms with van der Waals surface area (Å²) in [5.41, 5.74) is 3.49. The maximum atomic E-state index is 13.1. The summed E-state index contributed by atoms with van der Waals surface area (Å²) in [7, 11) is 0. The number of ether oxygens (including phenoxy) is 3. The summed E-state index contributed by atoms with van der Waals surface area (Å²) in [6, 6.07) is 6.07. The first-order valence-electron chi connectivity index (χ1n) is 11.0. The van der Waals surface area contributed by atoms with Crippen LogP contribution in [0.5, 0.6) is 11.5 Å². The van der Waals surface area contributed by atoms with Crippen LogP contribution >= 0.6 is 11.8 Å². The predicted octanol–water partition coefficient (Wildman–Crippen LogP) is 2.60. The highest BCUT2D eigenvalue weighted by atomic mass is 32.2. The molecule has 2 aliphatic rings. The van der Waals surface area contributed by atoms with Crippen molar-refractivity contribution in [3.05, 3.63) is 40.7 Å². The van der Waals surface area contributed by atoms with Crippen LogP contribution in [-0.4, -0.2) is 58.3 Å². The van der Waals surface area contributed by atoms with Gasteiger partial charge >= 0.3 is 0 Å². The van der Waals surface area contributed by atoms with Crippen molar-refractivity contribution in [2.45, 2.75) is 43.7 Å². The van der Waals surface area contributed by atoms with Crippen LogP contribution in [-0.2, 0) is 21.4 Å². The van der Waals surface area contributed by atoms with Gasteiger partial charge in [-0.05, 0) is 50.6 Å². The molecular formula is C23H27N5O4S. The molecule has 1 saturated heterocycles. The lowest BCUT2D eigenvalue weighted by atomic mass is 9.74. The topological polar surface area (TPSA) is 99.9 Å². The molecule has 0 aliphatic carbocycles. The summed E-state index contributed by atoms with van der Waals surface area (Å²) in [5, 5.41) is 8.32. The maximum Gasteiger partial charge on any atom is 0.253 e. The van der Waals surface area contributed by atoms with Gasteiger partial charge in [0.25, 0.3) is 5.78 Å². The average Bonchev–Trinajstić information content (AvgIpc) is 3.47. The molecule has 174 valence electrons. The molecule has 3 aromatic rings. The number of carbonyl (C=O) groups excluding carboxylic acids is 1. The summed E-state index contributed by atoms with van der Waals surface area (Å²) >= 11 is 1.47. The minimum atomic E-state index is -0.208. The van der Waals surface area contributed by atoms with E-state index in [1.54, 1.807) is 4.52 Å². The van der Waals surface area contributed by atoms with Gasteiger partial charge in [-0.2, -0.15) is 4.98 Å². The lowest BCUT2D eigenvalue weighted by molar-refractivity contribution is -0.121. The molecule has 9 nitrogen and oxygen atoms in total. The van der Waals surface area contributed by atoms with Crippen molar-refractivity contribution < 1.29 is 19.0 Å². The third-order valence-electron chi connectivity index (χ3n) is 6.61. The number of aryl methyl sites for hydroxylation is 2. The first-order chi connectivity index (χ1) is 16.0. The number of aromatic nitrogens is 4. The highest BCUT2D eigenvalue weighted by Crippen LogP contribution is 2.40.